The van der Waals surface area contributed by atoms with Gasteiger partial charge < -0.3 is 125 Å². The number of amides is 3. The first-order valence-corrected chi connectivity index (χ1v) is 29.1. The molecule has 23 atom stereocenters. The second-order valence-electron chi connectivity index (χ2n) is 21.9. The van der Waals surface area contributed by atoms with Gasteiger partial charge in [0.2, 0.25) is 17.7 Å². The Morgan fingerprint density at radius 2 is 1.17 bits per heavy atom. The van der Waals surface area contributed by atoms with Crippen LogP contribution in [0.15, 0.2) is 12.2 Å². The number of unbranched alkanes of at least 4 members (excludes halogenated alkanes) is 12. The molecule has 17 N–H and O–H groups in total. The number of aliphatic carboxylic acids is 1. The second-order valence-corrected chi connectivity index (χ2v) is 21.9. The van der Waals surface area contributed by atoms with Gasteiger partial charge in [0.15, 0.2) is 18.9 Å². The molecule has 0 radical (unpaired) electrons. The van der Waals surface area contributed by atoms with Crippen molar-refractivity contribution in [2.45, 2.75) is 271 Å². The van der Waals surface area contributed by atoms with E-state index in [1.165, 1.54) is 51.0 Å². The molecule has 29 heteroatoms. The van der Waals surface area contributed by atoms with Gasteiger partial charge in [0.1, 0.15) is 91.5 Å². The molecule has 4 fully saturated rings. The molecule has 0 aliphatic carbocycles. The number of nitrogens with one attached hydrogen (secondary N) is 3. The van der Waals surface area contributed by atoms with Crippen molar-refractivity contribution < 1.29 is 129 Å². The fourth-order valence-corrected chi connectivity index (χ4v) is 10.5. The molecule has 482 valence electrons. The number of aliphatic hydroxyl groups is 13. The van der Waals surface area contributed by atoms with Gasteiger partial charge in [-0.2, -0.15) is 0 Å². The summed E-state index contributed by atoms with van der Waals surface area (Å²) in [5.74, 6) is -7.41. The molecule has 0 spiro atoms. The standard InChI is InChI=1S/C54H95N3O26/c1-5-7-9-10-11-12-13-14-15-16-17-18-19-20-31(64)30(57-37(67)21-8-6-2)27-76-51-44(72)43(71)46(35(25-60)78-51)80-52-45(73)49(47(36(26-61)79-52)81-50-39(56-29(4)63)42(70)41(69)34(24-59)77-50)83-54(53(74)75)22-32(65)38(55-28(3)62)48(82-54)40(68)33(66)23-58/h19-20,30-36,38-52,58-61,64-66,68-73H,5-18,21-27H2,1-4H3,(H,55,62)(H,56,63)(H,57,67)(H,74,75)/b20-19+/t30-,31+,32-,33+,34+,35+,36+,38+,39+,40+,41-,42+,43+,44+,45+,46+,47-,48+,49+,50-,51+,52-,54-/m0/s1. The van der Waals surface area contributed by atoms with Crippen molar-refractivity contribution in [3.8, 4) is 0 Å². The summed E-state index contributed by atoms with van der Waals surface area (Å²) in [5.41, 5.74) is 0. The topological polar surface area (TPSA) is 461 Å². The third kappa shape index (κ3) is 20.7. The van der Waals surface area contributed by atoms with Crippen molar-refractivity contribution in [1.29, 1.82) is 0 Å². The number of hydrogen-bond acceptors (Lipinski definition) is 25. The number of carboxylic acid groups (broad SMARTS) is 1. The summed E-state index contributed by atoms with van der Waals surface area (Å²) in [6, 6.07) is -4.51. The van der Waals surface area contributed by atoms with Crippen molar-refractivity contribution >= 4 is 23.7 Å². The van der Waals surface area contributed by atoms with Crippen LogP contribution >= 0.6 is 0 Å². The first kappa shape index (κ1) is 72.3. The first-order valence-electron chi connectivity index (χ1n) is 29.1. The zero-order valence-electron chi connectivity index (χ0n) is 47.9. The lowest BCUT2D eigenvalue weighted by molar-refractivity contribution is -0.401. The third-order valence-corrected chi connectivity index (χ3v) is 15.2. The Balaban J connectivity index is 1.61. The molecule has 3 amide bonds. The Morgan fingerprint density at radius 1 is 0.627 bits per heavy atom. The average molecular weight is 1200 g/mol. The molecule has 0 aromatic heterocycles. The van der Waals surface area contributed by atoms with E-state index in [0.29, 0.717) is 19.3 Å². The number of carboxylic acids is 1. The maximum atomic E-state index is 13.5. The van der Waals surface area contributed by atoms with Gasteiger partial charge in [-0.3, -0.25) is 14.4 Å². The summed E-state index contributed by atoms with van der Waals surface area (Å²) in [6.45, 7) is 1.37. The number of carbonyl (C=O) groups excluding carboxylic acids is 3. The fraction of sp³-hybridized carbons (Fsp3) is 0.889. The van der Waals surface area contributed by atoms with Gasteiger partial charge in [-0.25, -0.2) is 4.79 Å². The van der Waals surface area contributed by atoms with E-state index >= 15 is 0 Å². The van der Waals surface area contributed by atoms with Gasteiger partial charge in [-0.1, -0.05) is 96.6 Å². The number of carbonyl (C=O) groups is 4. The van der Waals surface area contributed by atoms with Gasteiger partial charge >= 0.3 is 5.97 Å². The molecule has 0 aromatic rings. The number of aliphatic hydroxyl groups excluding tert-OH is 13. The molecule has 4 aliphatic rings. The summed E-state index contributed by atoms with van der Waals surface area (Å²) in [6.07, 6.45) is -20.7. The summed E-state index contributed by atoms with van der Waals surface area (Å²) in [5, 5.41) is 161. The predicted molar refractivity (Wildman–Crippen MR) is 286 cm³/mol. The smallest absolute Gasteiger partial charge is 0.364 e. The normalized spacial score (nSPS) is 35.5. The number of ether oxygens (including phenoxy) is 8. The molecule has 4 rings (SSSR count). The lowest BCUT2D eigenvalue weighted by Gasteiger charge is -2.52. The van der Waals surface area contributed by atoms with E-state index in [0.717, 1.165) is 39.5 Å². The molecule has 0 saturated carbocycles. The molecular weight excluding hydrogens is 1110 g/mol. The van der Waals surface area contributed by atoms with E-state index in [2.05, 4.69) is 22.9 Å². The average Bonchev–Trinajstić information content (AvgIpc) is 3.57. The predicted octanol–water partition coefficient (Wildman–Crippen LogP) is -3.94. The van der Waals surface area contributed by atoms with Gasteiger partial charge in [0, 0.05) is 26.7 Å². The molecule has 83 heavy (non-hydrogen) atoms. The van der Waals surface area contributed by atoms with Crippen LogP contribution in [-0.4, -0.2) is 269 Å². The Kier molecular flexibility index (Phi) is 31.5. The summed E-state index contributed by atoms with van der Waals surface area (Å²) in [7, 11) is 0. The third-order valence-electron chi connectivity index (χ3n) is 15.2. The minimum absolute atomic E-state index is 0.132. The fourth-order valence-electron chi connectivity index (χ4n) is 10.5. The summed E-state index contributed by atoms with van der Waals surface area (Å²) < 4.78 is 47.4. The van der Waals surface area contributed by atoms with Crippen molar-refractivity contribution in [2.75, 3.05) is 33.0 Å². The van der Waals surface area contributed by atoms with Crippen LogP contribution in [0.4, 0.5) is 0 Å². The van der Waals surface area contributed by atoms with E-state index in [9.17, 15) is 90.7 Å². The highest BCUT2D eigenvalue weighted by molar-refractivity contribution is 5.77. The zero-order chi connectivity index (χ0) is 61.6. The Labute approximate surface area is 483 Å². The monoisotopic (exact) mass is 1200 g/mol. The number of allylic oxidation sites excluding steroid dienone is 1. The zero-order valence-corrected chi connectivity index (χ0v) is 47.9. The van der Waals surface area contributed by atoms with Crippen LogP contribution < -0.4 is 16.0 Å². The number of rotatable bonds is 36. The maximum absolute atomic E-state index is 13.5. The van der Waals surface area contributed by atoms with Crippen LogP contribution in [0.25, 0.3) is 0 Å². The Bertz CT molecular complexity index is 1950. The molecular formula is C54H95N3O26. The quantitative estimate of drug-likeness (QED) is 0.0210. The second kappa shape index (κ2) is 36.2. The van der Waals surface area contributed by atoms with Crippen LogP contribution in [-0.2, 0) is 57.1 Å². The summed E-state index contributed by atoms with van der Waals surface area (Å²) in [4.78, 5) is 51.1. The maximum Gasteiger partial charge on any atom is 0.364 e. The lowest BCUT2D eigenvalue weighted by atomic mass is 9.88. The molecule has 0 aromatic carbocycles. The summed E-state index contributed by atoms with van der Waals surface area (Å²) >= 11 is 0. The van der Waals surface area contributed by atoms with E-state index in [1.807, 2.05) is 6.92 Å². The highest BCUT2D eigenvalue weighted by Crippen LogP contribution is 2.40. The molecule has 0 unspecified atom stereocenters. The minimum Gasteiger partial charge on any atom is -0.477 e. The van der Waals surface area contributed by atoms with Crippen LogP contribution in [0, 0.1) is 0 Å². The van der Waals surface area contributed by atoms with E-state index < -0.39 is 204 Å². The molecule has 4 aliphatic heterocycles. The SMILES string of the molecule is CCCCCCCCCCCCC/C=C/[C@@H](O)[C@H](CO[C@@H]1O[C@H](CO)[C@@H](O[C@@H]2O[C@H](CO)[C@H](O[C@@H]3O[C@H](CO)[C@H](O)[C@H](O)[C@H]3NC(C)=O)[C@H](O[C@]3(C(=O)O)C[C@H](O)[C@@H](NC(C)=O)[C@H]([C@H](O)[C@H](O)CO)O3)[C@H]2O)[C@H](O)[C@H]1O)NC(=O)CCCC. The highest BCUT2D eigenvalue weighted by atomic mass is 16.8. The lowest BCUT2D eigenvalue weighted by Crippen LogP contribution is -2.72. The number of hydrogen-bond donors (Lipinski definition) is 17. The molecule has 0 bridgehead atoms. The molecule has 29 nitrogen and oxygen atoms in total. The van der Waals surface area contributed by atoms with Gasteiger partial charge in [0.05, 0.1) is 57.3 Å². The van der Waals surface area contributed by atoms with Crippen LogP contribution in [0.3, 0.4) is 0 Å². The minimum atomic E-state index is -3.27. The van der Waals surface area contributed by atoms with Gasteiger partial charge in [-0.15, -0.1) is 0 Å². The van der Waals surface area contributed by atoms with Crippen molar-refractivity contribution in [3.63, 3.8) is 0 Å². The van der Waals surface area contributed by atoms with Crippen LogP contribution in [0.5, 0.6) is 0 Å². The van der Waals surface area contributed by atoms with Crippen LogP contribution in [0.2, 0.25) is 0 Å². The van der Waals surface area contributed by atoms with Crippen LogP contribution in [0.1, 0.15) is 130 Å². The van der Waals surface area contributed by atoms with Gasteiger partial charge in [-0.05, 0) is 19.3 Å². The van der Waals surface area contributed by atoms with Crippen molar-refractivity contribution in [3.05, 3.63) is 12.2 Å². The molecule has 4 saturated heterocycles. The van der Waals surface area contributed by atoms with Gasteiger partial charge in [0.25, 0.3) is 5.79 Å². The van der Waals surface area contributed by atoms with E-state index in [1.54, 1.807) is 6.08 Å². The molecule has 4 heterocycles. The van der Waals surface area contributed by atoms with Crippen molar-refractivity contribution in [1.82, 2.24) is 16.0 Å². The Hall–Kier alpha value is -3.22. The first-order chi connectivity index (χ1) is 39.5. The van der Waals surface area contributed by atoms with E-state index in [-0.39, 0.29) is 6.42 Å². The van der Waals surface area contributed by atoms with Crippen molar-refractivity contribution in [2.24, 2.45) is 0 Å². The van der Waals surface area contributed by atoms with E-state index in [4.69, 9.17) is 37.9 Å². The largest absolute Gasteiger partial charge is 0.477 e. The highest BCUT2D eigenvalue weighted by Gasteiger charge is 2.61. The Morgan fingerprint density at radius 3 is 1.73 bits per heavy atom.